The van der Waals surface area contributed by atoms with Crippen molar-refractivity contribution in [3.05, 3.63) is 232 Å². The molecule has 6 aromatic carbocycles. The van der Waals surface area contributed by atoms with Gasteiger partial charge in [0.2, 0.25) is 10.0 Å². The lowest BCUT2D eigenvalue weighted by Crippen LogP contribution is -2.41. The topological polar surface area (TPSA) is 79.0 Å². The van der Waals surface area contributed by atoms with Crippen LogP contribution in [0.15, 0.2) is 198 Å². The van der Waals surface area contributed by atoms with Crippen LogP contribution in [0.25, 0.3) is 6.08 Å². The summed E-state index contributed by atoms with van der Waals surface area (Å²) in [5, 5.41) is 9.69. The summed E-state index contributed by atoms with van der Waals surface area (Å²) >= 11 is 3.62. The van der Waals surface area contributed by atoms with E-state index >= 15 is 0 Å². The Labute approximate surface area is 331 Å². The molecule has 1 atom stereocenters. The van der Waals surface area contributed by atoms with E-state index in [0.29, 0.717) is 24.0 Å². The number of nitriles is 1. The summed E-state index contributed by atoms with van der Waals surface area (Å²) < 4.78 is 33.7. The molecule has 0 N–H and O–H groups in total. The van der Waals surface area contributed by atoms with E-state index in [1.165, 1.54) is 0 Å². The Bertz CT molecular complexity index is 2410. The standard InChI is InChI=1S/C47H39BrN4O2S/c48-46-30-29-38(33-49)31-39(46)34-52(55(53,54)45-27-14-5-15-28-45)44(32-37-17-6-1-7-18-37)26-16-25-43-35-51(36-50-43)47(40-19-8-2-9-20-40,41-21-10-3-11-22-41)42-23-12-4-13-24-42/h1-25,27-31,35-36,44H,26,32,34H2/b25-16+/t44-/m1/s1. The van der Waals surface area contributed by atoms with E-state index in [1.807, 2.05) is 73.1 Å². The first kappa shape index (κ1) is 37.5. The zero-order valence-corrected chi connectivity index (χ0v) is 32.5. The van der Waals surface area contributed by atoms with E-state index in [0.717, 1.165) is 32.4 Å². The molecule has 1 heterocycles. The lowest BCUT2D eigenvalue weighted by atomic mass is 9.77. The molecule has 1 aromatic heterocycles. The van der Waals surface area contributed by atoms with Crippen LogP contribution in [-0.4, -0.2) is 28.3 Å². The van der Waals surface area contributed by atoms with Crippen molar-refractivity contribution in [2.45, 2.75) is 35.9 Å². The smallest absolute Gasteiger partial charge is 0.243 e. The molecule has 7 aromatic rings. The lowest BCUT2D eigenvalue weighted by Gasteiger charge is -2.37. The van der Waals surface area contributed by atoms with E-state index in [-0.39, 0.29) is 11.4 Å². The van der Waals surface area contributed by atoms with Gasteiger partial charge in [-0.3, -0.25) is 0 Å². The van der Waals surface area contributed by atoms with Crippen molar-refractivity contribution < 1.29 is 8.42 Å². The predicted octanol–water partition coefficient (Wildman–Crippen LogP) is 10.3. The van der Waals surface area contributed by atoms with Gasteiger partial charge in [-0.05, 0) is 77.1 Å². The monoisotopic (exact) mass is 802 g/mol. The molecule has 0 unspecified atom stereocenters. The number of imidazole rings is 1. The zero-order valence-electron chi connectivity index (χ0n) is 30.1. The van der Waals surface area contributed by atoms with Gasteiger partial charge in [-0.15, -0.1) is 0 Å². The molecular formula is C47H39BrN4O2S. The molecule has 0 fully saturated rings. The molecule has 8 heteroatoms. The third-order valence-corrected chi connectivity index (χ3v) is 12.5. The summed E-state index contributed by atoms with van der Waals surface area (Å²) in [6.07, 6.45) is 8.80. The first-order chi connectivity index (χ1) is 26.9. The van der Waals surface area contributed by atoms with E-state index in [1.54, 1.807) is 46.8 Å². The Morgan fingerprint density at radius 1 is 0.745 bits per heavy atom. The summed E-state index contributed by atoms with van der Waals surface area (Å²) in [7, 11) is -3.98. The summed E-state index contributed by atoms with van der Waals surface area (Å²) in [4.78, 5) is 5.10. The Hall–Kier alpha value is -5.85. The van der Waals surface area contributed by atoms with Crippen molar-refractivity contribution in [1.82, 2.24) is 13.9 Å². The van der Waals surface area contributed by atoms with Gasteiger partial charge in [-0.2, -0.15) is 9.57 Å². The number of rotatable bonds is 14. The van der Waals surface area contributed by atoms with Crippen LogP contribution < -0.4 is 0 Å². The van der Waals surface area contributed by atoms with Crippen molar-refractivity contribution in [3.8, 4) is 6.07 Å². The van der Waals surface area contributed by atoms with Gasteiger partial charge in [-0.1, -0.05) is 162 Å². The second kappa shape index (κ2) is 17.1. The molecule has 7 rings (SSSR count). The molecule has 0 saturated heterocycles. The number of halogens is 1. The van der Waals surface area contributed by atoms with Crippen LogP contribution in [0.3, 0.4) is 0 Å². The first-order valence-electron chi connectivity index (χ1n) is 18.1. The molecule has 6 nitrogen and oxygen atoms in total. The molecule has 0 aliphatic heterocycles. The minimum atomic E-state index is -3.98. The fraction of sp³-hybridized carbons (Fsp3) is 0.106. The van der Waals surface area contributed by atoms with E-state index in [9.17, 15) is 13.7 Å². The SMILES string of the molecule is N#Cc1ccc(Br)c(CN([C@H](C/C=C/c2cn(C(c3ccccc3)(c3ccccc3)c3ccccc3)cn2)Cc2ccccc2)S(=O)(=O)c2ccccc2)c1. The molecule has 55 heavy (non-hydrogen) atoms. The molecule has 0 spiro atoms. The number of nitrogens with zero attached hydrogens (tertiary/aromatic N) is 4. The van der Waals surface area contributed by atoms with Gasteiger partial charge in [-0.25, -0.2) is 13.4 Å². The van der Waals surface area contributed by atoms with Crippen LogP contribution in [0.2, 0.25) is 0 Å². The average molecular weight is 804 g/mol. The van der Waals surface area contributed by atoms with Crippen molar-refractivity contribution >= 4 is 32.0 Å². The van der Waals surface area contributed by atoms with Gasteiger partial charge >= 0.3 is 0 Å². The minimum absolute atomic E-state index is 0.0705. The normalized spacial score (nSPS) is 12.5. The third kappa shape index (κ3) is 8.15. The Balaban J connectivity index is 1.29. The van der Waals surface area contributed by atoms with Crippen molar-refractivity contribution in [1.29, 1.82) is 5.26 Å². The number of aromatic nitrogens is 2. The van der Waals surface area contributed by atoms with Crippen molar-refractivity contribution in [2.75, 3.05) is 0 Å². The quantitative estimate of drug-likeness (QED) is 0.103. The zero-order chi connectivity index (χ0) is 38.1. The minimum Gasteiger partial charge on any atom is -0.318 e. The van der Waals surface area contributed by atoms with E-state index < -0.39 is 21.6 Å². The Morgan fingerprint density at radius 2 is 1.27 bits per heavy atom. The van der Waals surface area contributed by atoms with Crippen LogP contribution in [0.4, 0.5) is 0 Å². The maximum absolute atomic E-state index is 14.6. The highest BCUT2D eigenvalue weighted by Gasteiger charge is 2.38. The van der Waals surface area contributed by atoms with E-state index in [2.05, 4.69) is 106 Å². The second-order valence-corrected chi connectivity index (χ2v) is 16.0. The Kier molecular flexibility index (Phi) is 11.6. The van der Waals surface area contributed by atoms with E-state index in [4.69, 9.17) is 4.98 Å². The van der Waals surface area contributed by atoms with Crippen LogP contribution >= 0.6 is 15.9 Å². The number of hydrogen-bond acceptors (Lipinski definition) is 4. The predicted molar refractivity (Wildman–Crippen MR) is 222 cm³/mol. The molecule has 0 radical (unpaired) electrons. The maximum atomic E-state index is 14.6. The van der Waals surface area contributed by atoms with Crippen molar-refractivity contribution in [3.63, 3.8) is 0 Å². The van der Waals surface area contributed by atoms with Gasteiger partial charge in [0.15, 0.2) is 0 Å². The van der Waals surface area contributed by atoms with Gasteiger partial charge in [0.05, 0.1) is 28.5 Å². The maximum Gasteiger partial charge on any atom is 0.243 e. The molecule has 0 bridgehead atoms. The molecular weight excluding hydrogens is 765 g/mol. The number of benzene rings is 6. The van der Waals surface area contributed by atoms with Gasteiger partial charge in [0.1, 0.15) is 5.54 Å². The van der Waals surface area contributed by atoms with Gasteiger partial charge in [0, 0.05) is 23.3 Å². The van der Waals surface area contributed by atoms with Crippen LogP contribution in [0.1, 0.15) is 45.5 Å². The molecule has 0 amide bonds. The molecule has 272 valence electrons. The fourth-order valence-electron chi connectivity index (χ4n) is 7.20. The molecule has 0 aliphatic carbocycles. The fourth-order valence-corrected chi connectivity index (χ4v) is 9.21. The van der Waals surface area contributed by atoms with Gasteiger partial charge in [0.25, 0.3) is 0 Å². The largest absolute Gasteiger partial charge is 0.318 e. The Morgan fingerprint density at radius 3 is 1.82 bits per heavy atom. The molecule has 0 saturated carbocycles. The highest BCUT2D eigenvalue weighted by Crippen LogP contribution is 2.41. The van der Waals surface area contributed by atoms with Crippen LogP contribution in [0, 0.1) is 11.3 Å². The summed E-state index contributed by atoms with van der Waals surface area (Å²) in [5.74, 6) is 0. The number of sulfonamides is 1. The summed E-state index contributed by atoms with van der Waals surface area (Å²) in [5.41, 5.74) is 5.51. The average Bonchev–Trinajstić information content (AvgIpc) is 3.71. The third-order valence-electron chi connectivity index (χ3n) is 9.83. The van der Waals surface area contributed by atoms with Gasteiger partial charge < -0.3 is 4.57 Å². The second-order valence-electron chi connectivity index (χ2n) is 13.3. The van der Waals surface area contributed by atoms with Crippen LogP contribution in [-0.2, 0) is 28.5 Å². The molecule has 0 aliphatic rings. The highest BCUT2D eigenvalue weighted by molar-refractivity contribution is 9.10. The van der Waals surface area contributed by atoms with Crippen molar-refractivity contribution in [2.24, 2.45) is 0 Å². The summed E-state index contributed by atoms with van der Waals surface area (Å²) in [6.45, 7) is 0.0705. The number of hydrogen-bond donors (Lipinski definition) is 0. The van der Waals surface area contributed by atoms with Crippen LogP contribution in [0.5, 0.6) is 0 Å². The highest BCUT2D eigenvalue weighted by atomic mass is 79.9. The summed E-state index contributed by atoms with van der Waals surface area (Å²) in [6, 6.07) is 56.8. The first-order valence-corrected chi connectivity index (χ1v) is 20.3. The lowest BCUT2D eigenvalue weighted by molar-refractivity contribution is 0.310.